The van der Waals surface area contributed by atoms with E-state index >= 15 is 0 Å². The van der Waals surface area contributed by atoms with Crippen LogP contribution in [0.2, 0.25) is 0 Å². The van der Waals surface area contributed by atoms with Crippen molar-refractivity contribution in [3.05, 3.63) is 12.1 Å². The van der Waals surface area contributed by atoms with Gasteiger partial charge in [0.1, 0.15) is 11.5 Å². The molecule has 2 rings (SSSR count). The maximum atomic E-state index is 11.4. The molecular formula is C13H18N4O2. The number of rotatable bonds is 4. The molecule has 1 atom stereocenters. The smallest absolute Gasteiger partial charge is 0.308 e. The normalized spacial score (nSPS) is 16.5. The molecule has 0 aromatic carbocycles. The summed E-state index contributed by atoms with van der Waals surface area (Å²) >= 11 is 0. The summed E-state index contributed by atoms with van der Waals surface area (Å²) < 4.78 is 4.93. The van der Waals surface area contributed by atoms with Crippen molar-refractivity contribution in [3.63, 3.8) is 0 Å². The molecule has 0 fully saturated rings. The minimum Gasteiger partial charge on any atom is -0.466 e. The Balaban J connectivity index is 2.09. The Bertz CT molecular complexity index is 499. The van der Waals surface area contributed by atoms with Gasteiger partial charge in [-0.3, -0.25) is 9.79 Å². The Morgan fingerprint density at radius 2 is 2.26 bits per heavy atom. The highest BCUT2D eigenvalue weighted by molar-refractivity contribution is 5.86. The average Bonchev–Trinajstić information content (AvgIpc) is 2.38. The summed E-state index contributed by atoms with van der Waals surface area (Å²) in [7, 11) is 3.85. The highest BCUT2D eigenvalue weighted by Crippen LogP contribution is 2.28. The third kappa shape index (κ3) is 3.21. The van der Waals surface area contributed by atoms with Gasteiger partial charge in [-0.05, 0) is 19.1 Å². The van der Waals surface area contributed by atoms with Gasteiger partial charge in [0.05, 0.1) is 19.1 Å². The van der Waals surface area contributed by atoms with E-state index in [-0.39, 0.29) is 18.4 Å². The first-order chi connectivity index (χ1) is 9.10. The Hall–Kier alpha value is -2.11. The first-order valence-electron chi connectivity index (χ1n) is 6.25. The topological polar surface area (TPSA) is 66.8 Å². The van der Waals surface area contributed by atoms with Crippen LogP contribution in [0, 0.1) is 0 Å². The Morgan fingerprint density at radius 1 is 1.47 bits per heavy atom. The van der Waals surface area contributed by atoms with Crippen LogP contribution in [0.1, 0.15) is 13.3 Å². The lowest BCUT2D eigenvalue weighted by Gasteiger charge is -2.21. The number of hydrogen-bond donors (Lipinski definition) is 1. The zero-order chi connectivity index (χ0) is 13.8. The van der Waals surface area contributed by atoms with Gasteiger partial charge in [-0.15, -0.1) is 0 Å². The number of carbonyl (C=O) groups excluding carboxylic acids is 1. The number of aromatic nitrogens is 1. The summed E-state index contributed by atoms with van der Waals surface area (Å²) in [5.74, 6) is 1.31. The molecule has 0 saturated carbocycles. The second kappa shape index (κ2) is 5.69. The second-order valence-corrected chi connectivity index (χ2v) is 4.47. The number of hydrogen-bond acceptors (Lipinski definition) is 6. The molecule has 1 aromatic heterocycles. The van der Waals surface area contributed by atoms with Gasteiger partial charge in [-0.1, -0.05) is 0 Å². The predicted octanol–water partition coefficient (Wildman–Crippen LogP) is 1.60. The summed E-state index contributed by atoms with van der Waals surface area (Å²) in [4.78, 5) is 22.1. The predicted molar refractivity (Wildman–Crippen MR) is 75.4 cm³/mol. The first-order valence-corrected chi connectivity index (χ1v) is 6.25. The molecule has 6 nitrogen and oxygen atoms in total. The largest absolute Gasteiger partial charge is 0.466 e. The van der Waals surface area contributed by atoms with E-state index in [2.05, 4.69) is 15.3 Å². The lowest BCUT2D eigenvalue weighted by Crippen LogP contribution is -2.28. The van der Waals surface area contributed by atoms with Gasteiger partial charge in [0.25, 0.3) is 0 Å². The minimum atomic E-state index is -0.237. The molecule has 1 aromatic rings. The fraction of sp³-hybridized carbons (Fsp3) is 0.462. The summed E-state index contributed by atoms with van der Waals surface area (Å²) in [5, 5.41) is 3.19. The molecule has 0 radical (unpaired) electrons. The highest BCUT2D eigenvalue weighted by Gasteiger charge is 2.19. The lowest BCUT2D eigenvalue weighted by atomic mass is 10.2. The second-order valence-electron chi connectivity index (χ2n) is 4.47. The summed E-state index contributed by atoms with van der Waals surface area (Å²) in [6, 6.07) is 3.64. The molecule has 2 heterocycles. The number of carbonyl (C=O) groups is 1. The van der Waals surface area contributed by atoms with Crippen LogP contribution >= 0.6 is 0 Å². The van der Waals surface area contributed by atoms with E-state index in [0.717, 1.165) is 11.5 Å². The molecule has 6 heteroatoms. The molecule has 0 saturated heterocycles. The average molecular weight is 262 g/mol. The van der Waals surface area contributed by atoms with Crippen LogP contribution in [-0.2, 0) is 9.53 Å². The molecule has 0 bridgehead atoms. The zero-order valence-electron chi connectivity index (χ0n) is 11.4. The van der Waals surface area contributed by atoms with Crippen LogP contribution in [0.25, 0.3) is 0 Å². The van der Waals surface area contributed by atoms with E-state index in [1.807, 2.05) is 31.1 Å². The van der Waals surface area contributed by atoms with E-state index in [1.165, 1.54) is 0 Å². The fourth-order valence-corrected chi connectivity index (χ4v) is 1.79. The van der Waals surface area contributed by atoms with Crippen molar-refractivity contribution < 1.29 is 9.53 Å². The van der Waals surface area contributed by atoms with Crippen LogP contribution in [0.4, 0.5) is 17.3 Å². The number of aliphatic imine (C=N–C) groups is 1. The van der Waals surface area contributed by atoms with Gasteiger partial charge < -0.3 is 15.0 Å². The number of nitrogens with zero attached hydrogens (tertiary/aromatic N) is 3. The van der Waals surface area contributed by atoms with Gasteiger partial charge in [-0.2, -0.15) is 0 Å². The van der Waals surface area contributed by atoms with Crippen molar-refractivity contribution in [3.8, 4) is 0 Å². The molecule has 1 N–H and O–H groups in total. The van der Waals surface area contributed by atoms with Crippen molar-refractivity contribution in [1.29, 1.82) is 0 Å². The van der Waals surface area contributed by atoms with Crippen molar-refractivity contribution in [1.82, 2.24) is 4.98 Å². The van der Waals surface area contributed by atoms with Gasteiger partial charge in [0, 0.05) is 20.3 Å². The Labute approximate surface area is 112 Å². The first kappa shape index (κ1) is 13.3. The maximum absolute atomic E-state index is 11.4. The maximum Gasteiger partial charge on any atom is 0.308 e. The summed E-state index contributed by atoms with van der Waals surface area (Å²) in [5.41, 5.74) is 0.783. The molecule has 1 aliphatic rings. The molecule has 0 spiro atoms. The molecule has 1 unspecified atom stereocenters. The van der Waals surface area contributed by atoms with Crippen LogP contribution < -0.4 is 10.2 Å². The quantitative estimate of drug-likeness (QED) is 0.835. The Kier molecular flexibility index (Phi) is 3.99. The van der Waals surface area contributed by atoms with Crippen LogP contribution in [0.3, 0.4) is 0 Å². The van der Waals surface area contributed by atoms with Gasteiger partial charge >= 0.3 is 5.97 Å². The summed E-state index contributed by atoms with van der Waals surface area (Å²) in [6.07, 6.45) is 1.97. The minimum absolute atomic E-state index is 0.170. The van der Waals surface area contributed by atoms with Gasteiger partial charge in [0.2, 0.25) is 0 Å². The third-order valence-electron chi connectivity index (χ3n) is 2.73. The van der Waals surface area contributed by atoms with Crippen molar-refractivity contribution >= 4 is 29.5 Å². The van der Waals surface area contributed by atoms with E-state index in [4.69, 9.17) is 4.74 Å². The summed E-state index contributed by atoms with van der Waals surface area (Å²) in [6.45, 7) is 2.18. The highest BCUT2D eigenvalue weighted by atomic mass is 16.5. The molecule has 102 valence electrons. The van der Waals surface area contributed by atoms with Crippen molar-refractivity contribution in [2.24, 2.45) is 4.99 Å². The number of nitrogens with one attached hydrogen (secondary N) is 1. The SMILES string of the molecule is CCOC(=O)CC1C=Nc2ccc(N(C)C)nc2N1. The lowest BCUT2D eigenvalue weighted by molar-refractivity contribution is -0.143. The van der Waals surface area contributed by atoms with Crippen LogP contribution in [0.15, 0.2) is 17.1 Å². The van der Waals surface area contributed by atoms with Crippen LogP contribution in [0.5, 0.6) is 0 Å². The number of pyridine rings is 1. The molecule has 0 aliphatic carbocycles. The number of fused-ring (bicyclic) bond motifs is 1. The van der Waals surface area contributed by atoms with Crippen molar-refractivity contribution in [2.75, 3.05) is 30.9 Å². The van der Waals surface area contributed by atoms with Gasteiger partial charge in [0.15, 0.2) is 5.82 Å². The molecule has 1 aliphatic heterocycles. The fourth-order valence-electron chi connectivity index (χ4n) is 1.79. The third-order valence-corrected chi connectivity index (χ3v) is 2.73. The van der Waals surface area contributed by atoms with E-state index < -0.39 is 0 Å². The zero-order valence-corrected chi connectivity index (χ0v) is 11.4. The monoisotopic (exact) mass is 262 g/mol. The number of esters is 1. The molecule has 19 heavy (non-hydrogen) atoms. The van der Waals surface area contributed by atoms with E-state index in [0.29, 0.717) is 12.4 Å². The molecular weight excluding hydrogens is 244 g/mol. The van der Waals surface area contributed by atoms with Crippen molar-refractivity contribution in [2.45, 2.75) is 19.4 Å². The van der Waals surface area contributed by atoms with E-state index in [9.17, 15) is 4.79 Å². The molecule has 0 amide bonds. The Morgan fingerprint density at radius 3 is 2.95 bits per heavy atom. The standard InChI is InChI=1S/C13H18N4O2/c1-4-19-12(18)7-9-8-14-10-5-6-11(17(2)3)16-13(10)15-9/h5-6,8-9H,4,7H2,1-3H3,(H,15,16). The number of anilines is 2. The van der Waals surface area contributed by atoms with Gasteiger partial charge in [-0.25, -0.2) is 4.98 Å². The van der Waals surface area contributed by atoms with Crippen LogP contribution in [-0.4, -0.2) is 43.9 Å². The number of ether oxygens (including phenoxy) is 1. The van der Waals surface area contributed by atoms with E-state index in [1.54, 1.807) is 13.1 Å².